The number of amides is 2. The van der Waals surface area contributed by atoms with E-state index in [4.69, 9.17) is 9.47 Å². The third kappa shape index (κ3) is 4.05. The van der Waals surface area contributed by atoms with Crippen LogP contribution < -0.4 is 0 Å². The topological polar surface area (TPSA) is 96.4 Å². The zero-order valence-electron chi connectivity index (χ0n) is 19.3. The van der Waals surface area contributed by atoms with Crippen molar-refractivity contribution in [3.05, 3.63) is 61.2 Å². The molecule has 4 rings (SSSR count). The smallest absolute Gasteiger partial charge is 0.312 e. The van der Waals surface area contributed by atoms with Crippen LogP contribution in [0.2, 0.25) is 0 Å². The number of likely N-dealkylation sites (tertiary alicyclic amines) is 1. The predicted octanol–water partition coefficient (Wildman–Crippen LogP) is 1.69. The predicted molar refractivity (Wildman–Crippen MR) is 124 cm³/mol. The van der Waals surface area contributed by atoms with Crippen molar-refractivity contribution < 1.29 is 29.0 Å². The Morgan fingerprint density at radius 1 is 1.26 bits per heavy atom. The highest BCUT2D eigenvalue weighted by atomic mass is 16.6. The van der Waals surface area contributed by atoms with Crippen LogP contribution in [-0.2, 0) is 30.4 Å². The van der Waals surface area contributed by atoms with Gasteiger partial charge in [-0.3, -0.25) is 14.4 Å². The summed E-state index contributed by atoms with van der Waals surface area (Å²) in [5, 5.41) is 9.69. The number of nitrogens with zero attached hydrogens (tertiary/aromatic N) is 2. The minimum Gasteiger partial charge on any atom is -0.465 e. The summed E-state index contributed by atoms with van der Waals surface area (Å²) in [6.45, 7) is 7.95. The molecule has 2 bridgehead atoms. The number of carbonyl (C=O) groups is 3. The van der Waals surface area contributed by atoms with Crippen LogP contribution in [0.5, 0.6) is 0 Å². The van der Waals surface area contributed by atoms with Crippen LogP contribution in [0.15, 0.2) is 55.6 Å². The van der Waals surface area contributed by atoms with Crippen LogP contribution in [0.1, 0.15) is 24.8 Å². The van der Waals surface area contributed by atoms with Gasteiger partial charge in [0.05, 0.1) is 31.2 Å². The second-order valence-electron chi connectivity index (χ2n) is 9.05. The molecule has 8 heteroatoms. The number of hydrogen-bond donors (Lipinski definition) is 1. The highest BCUT2D eigenvalue weighted by Crippen LogP contribution is 2.58. The van der Waals surface area contributed by atoms with Gasteiger partial charge >= 0.3 is 5.97 Å². The second kappa shape index (κ2) is 10.1. The molecular weight excluding hydrogens is 436 g/mol. The Morgan fingerprint density at radius 3 is 2.71 bits per heavy atom. The lowest BCUT2D eigenvalue weighted by Crippen LogP contribution is -2.56. The van der Waals surface area contributed by atoms with E-state index in [2.05, 4.69) is 13.2 Å². The zero-order valence-corrected chi connectivity index (χ0v) is 19.3. The average molecular weight is 469 g/mol. The summed E-state index contributed by atoms with van der Waals surface area (Å²) < 4.78 is 11.8. The van der Waals surface area contributed by atoms with Gasteiger partial charge in [0.15, 0.2) is 0 Å². The quantitative estimate of drug-likeness (QED) is 0.302. The first-order chi connectivity index (χ1) is 16.5. The van der Waals surface area contributed by atoms with E-state index >= 15 is 0 Å². The third-order valence-corrected chi connectivity index (χ3v) is 7.09. The van der Waals surface area contributed by atoms with E-state index in [1.165, 1.54) is 4.90 Å². The lowest BCUT2D eigenvalue weighted by molar-refractivity contribution is -0.155. The Hall–Kier alpha value is -2.97. The Kier molecular flexibility index (Phi) is 7.19. The Morgan fingerprint density at radius 2 is 2.03 bits per heavy atom. The summed E-state index contributed by atoms with van der Waals surface area (Å²) in [5.74, 6) is -2.64. The molecular formula is C26H32N2O6. The zero-order chi connectivity index (χ0) is 24.3. The standard InChI is InChI=1S/C26H32N2O6/c1-3-5-16-33-25(32)20-19-11-12-26(34-19)21(20)23(30)28(14-15-29)22(26)24(31)27(13-4-2)17-18-9-7-6-8-10-18/h3-4,6-10,19-22,29H,1-2,5,11-17H2/t19-,20+,21-,22?,26?/m0/s1. The van der Waals surface area contributed by atoms with Crippen LogP contribution in [0.4, 0.5) is 0 Å². The first kappa shape index (κ1) is 24.2. The molecule has 1 N–H and O–H groups in total. The molecule has 1 aromatic rings. The van der Waals surface area contributed by atoms with Crippen molar-refractivity contribution in [2.75, 3.05) is 26.3 Å². The minimum atomic E-state index is -1.10. The van der Waals surface area contributed by atoms with E-state index in [1.807, 2.05) is 30.3 Å². The van der Waals surface area contributed by atoms with Gasteiger partial charge in [0.25, 0.3) is 0 Å². The molecule has 0 saturated carbocycles. The number of hydrogen-bond acceptors (Lipinski definition) is 6. The normalized spacial score (nSPS) is 29.1. The van der Waals surface area contributed by atoms with E-state index in [0.29, 0.717) is 32.4 Å². The molecule has 3 aliphatic rings. The van der Waals surface area contributed by atoms with Gasteiger partial charge in [-0.25, -0.2) is 0 Å². The van der Waals surface area contributed by atoms with E-state index in [9.17, 15) is 19.5 Å². The third-order valence-electron chi connectivity index (χ3n) is 7.09. The largest absolute Gasteiger partial charge is 0.465 e. The first-order valence-corrected chi connectivity index (χ1v) is 11.8. The number of β-amino-alcohol motifs (C(OH)–C–C–N with tert-alkyl or cyclic N) is 1. The van der Waals surface area contributed by atoms with Gasteiger partial charge in [-0.05, 0) is 24.8 Å². The summed E-state index contributed by atoms with van der Waals surface area (Å²) in [6, 6.07) is 8.66. The highest BCUT2D eigenvalue weighted by Gasteiger charge is 2.75. The van der Waals surface area contributed by atoms with Gasteiger partial charge in [0.2, 0.25) is 11.8 Å². The second-order valence-corrected chi connectivity index (χ2v) is 9.05. The molecule has 2 amide bonds. The molecule has 3 heterocycles. The van der Waals surface area contributed by atoms with Gasteiger partial charge in [-0.15, -0.1) is 13.2 Å². The summed E-state index contributed by atoms with van der Waals surface area (Å²) in [5.41, 5.74) is -0.156. The van der Waals surface area contributed by atoms with Gasteiger partial charge in [0, 0.05) is 19.6 Å². The van der Waals surface area contributed by atoms with Crippen molar-refractivity contribution in [3.63, 3.8) is 0 Å². The lowest BCUT2D eigenvalue weighted by Gasteiger charge is -2.36. The fraction of sp³-hybridized carbons (Fsp3) is 0.500. The molecule has 3 aliphatic heterocycles. The summed E-state index contributed by atoms with van der Waals surface area (Å²) in [7, 11) is 0. The van der Waals surface area contributed by atoms with Crippen LogP contribution >= 0.6 is 0 Å². The summed E-state index contributed by atoms with van der Waals surface area (Å²) in [4.78, 5) is 43.6. The van der Waals surface area contributed by atoms with Gasteiger partial charge in [0.1, 0.15) is 11.6 Å². The summed E-state index contributed by atoms with van der Waals surface area (Å²) >= 11 is 0. The number of aliphatic hydroxyl groups is 1. The summed E-state index contributed by atoms with van der Waals surface area (Å²) in [6.07, 6.45) is 4.43. The minimum absolute atomic E-state index is 0.00693. The Bertz CT molecular complexity index is 950. The van der Waals surface area contributed by atoms with Crippen LogP contribution in [0.25, 0.3) is 0 Å². The van der Waals surface area contributed by atoms with E-state index < -0.39 is 35.6 Å². The molecule has 1 spiro atoms. The van der Waals surface area contributed by atoms with Crippen molar-refractivity contribution in [1.82, 2.24) is 9.80 Å². The maximum atomic E-state index is 14.0. The number of ether oxygens (including phenoxy) is 2. The number of carbonyl (C=O) groups excluding carboxylic acids is 3. The van der Waals surface area contributed by atoms with Crippen LogP contribution in [0.3, 0.4) is 0 Å². The van der Waals surface area contributed by atoms with Crippen LogP contribution in [-0.4, -0.2) is 76.7 Å². The van der Waals surface area contributed by atoms with Crippen molar-refractivity contribution in [2.24, 2.45) is 11.8 Å². The SMILES string of the molecule is C=CCCOC(=O)[C@@H]1[C@@H]2CCC3(O2)C(C(=O)N(CC=C)Cc2ccccc2)N(CCO)C(=O)[C@H]13. The molecule has 5 atom stereocenters. The van der Waals surface area contributed by atoms with Gasteiger partial charge in [-0.1, -0.05) is 42.5 Å². The molecule has 34 heavy (non-hydrogen) atoms. The number of benzene rings is 1. The monoisotopic (exact) mass is 468 g/mol. The van der Waals surface area contributed by atoms with Gasteiger partial charge in [-0.2, -0.15) is 0 Å². The average Bonchev–Trinajstić information content (AvgIpc) is 3.47. The molecule has 1 aromatic carbocycles. The van der Waals surface area contributed by atoms with Crippen molar-refractivity contribution in [1.29, 1.82) is 0 Å². The molecule has 0 aliphatic carbocycles. The van der Waals surface area contributed by atoms with Crippen molar-refractivity contribution in [2.45, 2.75) is 43.6 Å². The number of rotatable bonds is 11. The lowest BCUT2D eigenvalue weighted by atomic mass is 9.70. The maximum absolute atomic E-state index is 14.0. The maximum Gasteiger partial charge on any atom is 0.312 e. The van der Waals surface area contributed by atoms with Crippen molar-refractivity contribution in [3.8, 4) is 0 Å². The molecule has 3 saturated heterocycles. The van der Waals surface area contributed by atoms with Gasteiger partial charge < -0.3 is 24.4 Å². The van der Waals surface area contributed by atoms with E-state index in [0.717, 1.165) is 5.56 Å². The molecule has 182 valence electrons. The fourth-order valence-corrected chi connectivity index (χ4v) is 5.75. The molecule has 2 unspecified atom stereocenters. The Labute approximate surface area is 199 Å². The fourth-order valence-electron chi connectivity index (χ4n) is 5.75. The number of fused-ring (bicyclic) bond motifs is 1. The number of esters is 1. The van der Waals surface area contributed by atoms with Crippen molar-refractivity contribution >= 4 is 17.8 Å². The Balaban J connectivity index is 1.65. The van der Waals surface area contributed by atoms with Crippen LogP contribution in [0, 0.1) is 11.8 Å². The van der Waals surface area contributed by atoms with E-state index in [1.54, 1.807) is 17.1 Å². The highest BCUT2D eigenvalue weighted by molar-refractivity contribution is 5.98. The molecule has 0 aromatic heterocycles. The molecule has 3 fully saturated rings. The number of aliphatic hydroxyl groups excluding tert-OH is 1. The molecule has 0 radical (unpaired) electrons. The molecule has 8 nitrogen and oxygen atoms in total. The first-order valence-electron chi connectivity index (χ1n) is 11.8. The van der Waals surface area contributed by atoms with E-state index in [-0.39, 0.29) is 31.6 Å².